The van der Waals surface area contributed by atoms with E-state index < -0.39 is 29.3 Å². The molecule has 0 atom stereocenters. The summed E-state index contributed by atoms with van der Waals surface area (Å²) >= 11 is 0. The van der Waals surface area contributed by atoms with Crippen molar-refractivity contribution < 1.29 is 26.7 Å². The topological polar surface area (TPSA) is 29.1 Å². The molecule has 17 heavy (non-hydrogen) atoms. The summed E-state index contributed by atoms with van der Waals surface area (Å²) in [4.78, 5) is 10.7. The Morgan fingerprint density at radius 1 is 1.12 bits per heavy atom. The van der Waals surface area contributed by atoms with Gasteiger partial charge >= 0.3 is 12.1 Å². The van der Waals surface area contributed by atoms with E-state index in [9.17, 15) is 26.7 Å². The number of carbonyl (C=O) groups is 1. The van der Waals surface area contributed by atoms with E-state index in [-0.39, 0.29) is 0 Å². The first kappa shape index (κ1) is 13.4. The van der Waals surface area contributed by atoms with Gasteiger partial charge in [-0.05, 0) is 6.07 Å². The van der Waals surface area contributed by atoms with E-state index in [0.29, 0.717) is 6.07 Å². The van der Waals surface area contributed by atoms with Gasteiger partial charge in [-0.1, -0.05) is 18.2 Å². The van der Waals surface area contributed by atoms with Gasteiger partial charge in [-0.2, -0.15) is 22.0 Å². The molecule has 0 bridgehead atoms. The predicted octanol–water partition coefficient (Wildman–Crippen LogP) is 3.30. The molecule has 7 heteroatoms. The van der Waals surface area contributed by atoms with Crippen molar-refractivity contribution in [1.29, 1.82) is 0 Å². The average molecular weight is 253 g/mol. The van der Waals surface area contributed by atoms with E-state index in [2.05, 4.69) is 0 Å². The highest BCUT2D eigenvalue weighted by molar-refractivity contribution is 5.89. The number of nitrogens with one attached hydrogen (secondary N) is 1. The number of para-hydroxylation sites is 1. The van der Waals surface area contributed by atoms with Gasteiger partial charge in [0.2, 0.25) is 5.91 Å². The monoisotopic (exact) mass is 253 g/mol. The van der Waals surface area contributed by atoms with Crippen LogP contribution < -0.4 is 5.32 Å². The van der Waals surface area contributed by atoms with Gasteiger partial charge in [0.25, 0.3) is 0 Å². The lowest BCUT2D eigenvalue weighted by molar-refractivity contribution is -0.289. The van der Waals surface area contributed by atoms with E-state index in [4.69, 9.17) is 0 Å². The van der Waals surface area contributed by atoms with Crippen molar-refractivity contribution in [2.75, 3.05) is 5.32 Å². The Morgan fingerprint density at radius 2 is 1.65 bits per heavy atom. The van der Waals surface area contributed by atoms with Crippen LogP contribution in [0, 0.1) is 0 Å². The van der Waals surface area contributed by atoms with Gasteiger partial charge in [0.1, 0.15) is 0 Å². The molecule has 0 saturated heterocycles. The van der Waals surface area contributed by atoms with Crippen molar-refractivity contribution in [3.63, 3.8) is 0 Å². The minimum absolute atomic E-state index is 0.553. The third-order valence-corrected chi connectivity index (χ3v) is 1.93. The van der Waals surface area contributed by atoms with Gasteiger partial charge in [-0.15, -0.1) is 0 Å². The molecule has 0 aliphatic carbocycles. The second-order valence-electron chi connectivity index (χ2n) is 3.30. The van der Waals surface area contributed by atoms with E-state index >= 15 is 0 Å². The number of anilines is 1. The molecule has 0 saturated carbocycles. The van der Waals surface area contributed by atoms with Crippen LogP contribution in [0.3, 0.4) is 0 Å². The van der Waals surface area contributed by atoms with Gasteiger partial charge < -0.3 is 5.32 Å². The molecule has 1 rings (SSSR count). The Labute approximate surface area is 93.4 Å². The zero-order chi connectivity index (χ0) is 13.3. The zero-order valence-electron chi connectivity index (χ0n) is 8.61. The van der Waals surface area contributed by atoms with Crippen LogP contribution in [0.2, 0.25) is 0 Å². The summed E-state index contributed by atoms with van der Waals surface area (Å²) in [7, 11) is 0. The normalized spacial score (nSPS) is 12.4. The summed E-state index contributed by atoms with van der Waals surface area (Å²) in [5, 5.41) is 1.93. The minimum atomic E-state index is -5.71. The largest absolute Gasteiger partial charge is 0.458 e. The molecule has 0 spiro atoms. The van der Waals surface area contributed by atoms with Crippen molar-refractivity contribution in [2.24, 2.45) is 0 Å². The fourth-order valence-electron chi connectivity index (χ4n) is 1.21. The number of rotatable bonds is 2. The molecular formula is C10H8F5NO. The van der Waals surface area contributed by atoms with Crippen LogP contribution in [0.4, 0.5) is 27.6 Å². The van der Waals surface area contributed by atoms with Crippen LogP contribution in [0.15, 0.2) is 24.3 Å². The number of halogens is 5. The summed E-state index contributed by atoms with van der Waals surface area (Å²) < 4.78 is 62.7. The first-order valence-electron chi connectivity index (χ1n) is 4.48. The lowest BCUT2D eigenvalue weighted by atomic mass is 10.1. The van der Waals surface area contributed by atoms with Crippen molar-refractivity contribution in [1.82, 2.24) is 0 Å². The maximum atomic E-state index is 13.1. The molecule has 1 aromatic carbocycles. The summed E-state index contributed by atoms with van der Waals surface area (Å²) in [6.45, 7) is 1.02. The first-order valence-corrected chi connectivity index (χ1v) is 4.48. The number of benzene rings is 1. The number of alkyl halides is 5. The number of hydrogen-bond acceptors (Lipinski definition) is 1. The molecule has 0 radical (unpaired) electrons. The number of amides is 1. The van der Waals surface area contributed by atoms with E-state index in [1.54, 1.807) is 0 Å². The molecule has 1 amide bonds. The Balaban J connectivity index is 3.26. The molecule has 0 fully saturated rings. The lowest BCUT2D eigenvalue weighted by Gasteiger charge is -2.22. The summed E-state index contributed by atoms with van der Waals surface area (Å²) in [6, 6.07) is 3.90. The smallest absolute Gasteiger partial charge is 0.326 e. The molecule has 94 valence electrons. The molecule has 1 aromatic rings. The Morgan fingerprint density at radius 3 is 2.12 bits per heavy atom. The summed E-state index contributed by atoms with van der Waals surface area (Å²) in [5.74, 6) is -5.73. The number of hydrogen-bond donors (Lipinski definition) is 1. The maximum Gasteiger partial charge on any atom is 0.458 e. The second kappa shape index (κ2) is 4.31. The van der Waals surface area contributed by atoms with Gasteiger partial charge in [0, 0.05) is 6.92 Å². The maximum absolute atomic E-state index is 13.1. The average Bonchev–Trinajstić information content (AvgIpc) is 2.15. The molecule has 0 unspecified atom stereocenters. The van der Waals surface area contributed by atoms with E-state index in [1.807, 2.05) is 5.32 Å². The van der Waals surface area contributed by atoms with Crippen LogP contribution in [0.5, 0.6) is 0 Å². The summed E-state index contributed by atoms with van der Waals surface area (Å²) in [6.07, 6.45) is -5.71. The Hall–Kier alpha value is -1.66. The van der Waals surface area contributed by atoms with Gasteiger partial charge in [-0.3, -0.25) is 4.79 Å². The third kappa shape index (κ3) is 2.72. The highest BCUT2D eigenvalue weighted by atomic mass is 19.4. The SMILES string of the molecule is CC(=O)Nc1ccccc1C(F)(F)C(F)(F)F. The molecule has 0 heterocycles. The second-order valence-corrected chi connectivity index (χ2v) is 3.30. The van der Waals surface area contributed by atoms with Gasteiger partial charge in [0.15, 0.2) is 0 Å². The van der Waals surface area contributed by atoms with E-state index in [1.165, 1.54) is 6.07 Å². The molecule has 0 aromatic heterocycles. The van der Waals surface area contributed by atoms with Crippen LogP contribution in [-0.2, 0) is 10.7 Å². The Kier molecular flexibility index (Phi) is 3.40. The van der Waals surface area contributed by atoms with Crippen LogP contribution >= 0.6 is 0 Å². The van der Waals surface area contributed by atoms with Gasteiger partial charge in [0.05, 0.1) is 11.3 Å². The lowest BCUT2D eigenvalue weighted by Crippen LogP contribution is -2.34. The van der Waals surface area contributed by atoms with Crippen LogP contribution in [0.1, 0.15) is 12.5 Å². The van der Waals surface area contributed by atoms with Crippen molar-refractivity contribution in [3.8, 4) is 0 Å². The minimum Gasteiger partial charge on any atom is -0.326 e. The van der Waals surface area contributed by atoms with Crippen LogP contribution in [0.25, 0.3) is 0 Å². The molecular weight excluding hydrogens is 245 g/mol. The van der Waals surface area contributed by atoms with Crippen molar-refractivity contribution in [2.45, 2.75) is 19.0 Å². The molecule has 0 aliphatic heterocycles. The number of carbonyl (C=O) groups excluding carboxylic acids is 1. The molecule has 1 N–H and O–H groups in total. The zero-order valence-corrected chi connectivity index (χ0v) is 8.61. The van der Waals surface area contributed by atoms with E-state index in [0.717, 1.165) is 19.1 Å². The fraction of sp³-hybridized carbons (Fsp3) is 0.300. The first-order chi connectivity index (χ1) is 7.66. The third-order valence-electron chi connectivity index (χ3n) is 1.93. The van der Waals surface area contributed by atoms with Crippen LogP contribution in [-0.4, -0.2) is 12.1 Å². The highest BCUT2D eigenvalue weighted by Gasteiger charge is 2.59. The van der Waals surface area contributed by atoms with Crippen molar-refractivity contribution in [3.05, 3.63) is 29.8 Å². The summed E-state index contributed by atoms with van der Waals surface area (Å²) in [5.41, 5.74) is -1.83. The molecule has 0 aliphatic rings. The fourth-order valence-corrected chi connectivity index (χ4v) is 1.21. The standard InChI is InChI=1S/C10H8F5NO/c1-6(17)16-8-5-3-2-4-7(8)9(11,12)10(13,14)15/h2-5H,1H3,(H,16,17). The quantitative estimate of drug-likeness (QED) is 0.805. The predicted molar refractivity (Wildman–Crippen MR) is 50.7 cm³/mol. The van der Waals surface area contributed by atoms with Crippen molar-refractivity contribution >= 4 is 11.6 Å². The molecule has 2 nitrogen and oxygen atoms in total. The highest BCUT2D eigenvalue weighted by Crippen LogP contribution is 2.46. The Bertz CT molecular complexity index is 427. The van der Waals surface area contributed by atoms with Gasteiger partial charge in [-0.25, -0.2) is 0 Å².